The van der Waals surface area contributed by atoms with Gasteiger partial charge in [0.05, 0.1) is 0 Å². The Hall–Kier alpha value is -1.23. The molecule has 0 spiro atoms. The lowest BCUT2D eigenvalue weighted by Crippen LogP contribution is -2.31. The van der Waals surface area contributed by atoms with Gasteiger partial charge in [-0.3, -0.25) is 0 Å². The van der Waals surface area contributed by atoms with Crippen molar-refractivity contribution in [1.82, 2.24) is 0 Å². The molecule has 0 unspecified atom stereocenters. The molecule has 0 saturated carbocycles. The summed E-state index contributed by atoms with van der Waals surface area (Å²) in [6.45, 7) is 6.99. The largest absolute Gasteiger partial charge is 0.409 e. The Kier molecular flexibility index (Phi) is 6.33. The Morgan fingerprint density at radius 1 is 1.40 bits per heavy atom. The number of hydrogen-bond acceptors (Lipinski definition) is 3. The molecule has 0 atom stereocenters. The number of hydrogen-bond donors (Lipinski definition) is 3. The van der Waals surface area contributed by atoms with Gasteiger partial charge in [0.15, 0.2) is 0 Å². The van der Waals surface area contributed by atoms with E-state index < -0.39 is 0 Å². The number of aryl methyl sites for hydroxylation is 1. The lowest BCUT2D eigenvalue weighted by Gasteiger charge is -2.22. The molecule has 0 aromatic heterocycles. The number of unbranched alkanes of at least 4 members (excludes halogenated alkanes) is 1. The third-order valence-electron chi connectivity index (χ3n) is 3.52. The fourth-order valence-electron chi connectivity index (χ4n) is 1.94. The molecular formula is C15H24BrN3O. The minimum Gasteiger partial charge on any atom is -0.409 e. The molecule has 1 aromatic rings. The third kappa shape index (κ3) is 5.04. The molecule has 0 amide bonds. The second-order valence-corrected chi connectivity index (χ2v) is 6.57. The molecule has 0 saturated heterocycles. The molecular weight excluding hydrogens is 318 g/mol. The Morgan fingerprint density at radius 3 is 2.70 bits per heavy atom. The number of nitrogens with zero attached hydrogens (tertiary/aromatic N) is 1. The van der Waals surface area contributed by atoms with E-state index in [4.69, 9.17) is 10.9 Å². The molecule has 4 N–H and O–H groups in total. The molecule has 1 aromatic carbocycles. The topological polar surface area (TPSA) is 70.6 Å². The zero-order valence-corrected chi connectivity index (χ0v) is 14.0. The first-order valence-corrected chi connectivity index (χ1v) is 7.64. The summed E-state index contributed by atoms with van der Waals surface area (Å²) >= 11 is 3.49. The van der Waals surface area contributed by atoms with Crippen LogP contribution in [0.25, 0.3) is 0 Å². The Labute approximate surface area is 129 Å². The Morgan fingerprint density at radius 2 is 2.10 bits per heavy atom. The summed E-state index contributed by atoms with van der Waals surface area (Å²) in [7, 11) is 0. The van der Waals surface area contributed by atoms with E-state index in [1.165, 1.54) is 5.56 Å². The first-order valence-electron chi connectivity index (χ1n) is 6.85. The highest BCUT2D eigenvalue weighted by atomic mass is 79.9. The van der Waals surface area contributed by atoms with Crippen molar-refractivity contribution >= 4 is 27.5 Å². The van der Waals surface area contributed by atoms with Gasteiger partial charge < -0.3 is 16.3 Å². The number of nitrogens with two attached hydrogens (primary N) is 1. The van der Waals surface area contributed by atoms with Gasteiger partial charge in [-0.25, -0.2) is 0 Å². The maximum absolute atomic E-state index is 8.72. The average Bonchev–Trinajstić information content (AvgIpc) is 2.41. The van der Waals surface area contributed by atoms with Crippen molar-refractivity contribution in [3.63, 3.8) is 0 Å². The highest BCUT2D eigenvalue weighted by Gasteiger charge is 2.22. The molecule has 0 aliphatic heterocycles. The molecule has 5 heteroatoms. The summed E-state index contributed by atoms with van der Waals surface area (Å²) in [5, 5.41) is 15.2. The lowest BCUT2D eigenvalue weighted by atomic mass is 9.86. The second kappa shape index (κ2) is 7.53. The number of benzene rings is 1. The van der Waals surface area contributed by atoms with Crippen molar-refractivity contribution in [2.45, 2.75) is 40.0 Å². The molecule has 0 heterocycles. The van der Waals surface area contributed by atoms with Crippen LogP contribution in [-0.2, 0) is 0 Å². The van der Waals surface area contributed by atoms with Gasteiger partial charge in [0, 0.05) is 22.1 Å². The zero-order valence-electron chi connectivity index (χ0n) is 12.4. The second-order valence-electron chi connectivity index (χ2n) is 5.72. The minimum absolute atomic E-state index is 0.247. The summed E-state index contributed by atoms with van der Waals surface area (Å²) in [5.41, 5.74) is 7.79. The van der Waals surface area contributed by atoms with Crippen LogP contribution in [0.4, 0.5) is 5.69 Å². The first-order chi connectivity index (χ1) is 9.36. The molecule has 112 valence electrons. The van der Waals surface area contributed by atoms with Gasteiger partial charge in [0.2, 0.25) is 0 Å². The van der Waals surface area contributed by atoms with Crippen LogP contribution in [-0.4, -0.2) is 17.6 Å². The van der Waals surface area contributed by atoms with Crippen molar-refractivity contribution in [1.29, 1.82) is 0 Å². The van der Waals surface area contributed by atoms with Gasteiger partial charge in [-0.1, -0.05) is 41.4 Å². The molecule has 0 aliphatic rings. The third-order valence-corrected chi connectivity index (χ3v) is 4.41. The van der Waals surface area contributed by atoms with Crippen LogP contribution in [0, 0.1) is 12.3 Å². The molecule has 0 fully saturated rings. The predicted octanol–water partition coefficient (Wildman–Crippen LogP) is 4.11. The number of amidine groups is 1. The van der Waals surface area contributed by atoms with Crippen LogP contribution >= 0.6 is 15.9 Å². The molecule has 0 radical (unpaired) electrons. The van der Waals surface area contributed by atoms with E-state index in [2.05, 4.69) is 51.5 Å². The summed E-state index contributed by atoms with van der Waals surface area (Å²) in [6.07, 6.45) is 2.99. The molecule has 20 heavy (non-hydrogen) atoms. The SMILES string of the molecule is Cc1cc(NCCCCC(C)(C)/C(N)=N/O)ccc1Br. The van der Waals surface area contributed by atoms with E-state index in [1.54, 1.807) is 0 Å². The average molecular weight is 342 g/mol. The van der Waals surface area contributed by atoms with E-state index in [9.17, 15) is 0 Å². The highest BCUT2D eigenvalue weighted by molar-refractivity contribution is 9.10. The number of oxime groups is 1. The van der Waals surface area contributed by atoms with Crippen molar-refractivity contribution in [3.8, 4) is 0 Å². The van der Waals surface area contributed by atoms with Crippen molar-refractivity contribution in [3.05, 3.63) is 28.2 Å². The van der Waals surface area contributed by atoms with Gasteiger partial charge in [-0.15, -0.1) is 0 Å². The highest BCUT2D eigenvalue weighted by Crippen LogP contribution is 2.24. The summed E-state index contributed by atoms with van der Waals surface area (Å²) in [5.74, 6) is 0.300. The predicted molar refractivity (Wildman–Crippen MR) is 88.4 cm³/mol. The maximum atomic E-state index is 8.72. The normalized spacial score (nSPS) is 12.5. The molecule has 0 aliphatic carbocycles. The van der Waals surface area contributed by atoms with E-state index in [0.29, 0.717) is 5.84 Å². The number of anilines is 1. The first kappa shape index (κ1) is 16.8. The molecule has 0 bridgehead atoms. The zero-order chi connectivity index (χ0) is 15.2. The van der Waals surface area contributed by atoms with Crippen LogP contribution < -0.4 is 11.1 Å². The fourth-order valence-corrected chi connectivity index (χ4v) is 2.19. The van der Waals surface area contributed by atoms with Gasteiger partial charge in [0.1, 0.15) is 5.84 Å². The fraction of sp³-hybridized carbons (Fsp3) is 0.533. The van der Waals surface area contributed by atoms with Crippen LogP contribution in [0.2, 0.25) is 0 Å². The standard InChI is InChI=1S/C15H24BrN3O/c1-11-10-12(6-7-13(11)16)18-9-5-4-8-15(2,3)14(17)19-20/h6-7,10,18,20H,4-5,8-9H2,1-3H3,(H2,17,19). The van der Waals surface area contributed by atoms with Crippen LogP contribution in [0.1, 0.15) is 38.7 Å². The smallest absolute Gasteiger partial charge is 0.144 e. The van der Waals surface area contributed by atoms with E-state index in [-0.39, 0.29) is 5.41 Å². The number of rotatable bonds is 7. The summed E-state index contributed by atoms with van der Waals surface area (Å²) in [6, 6.07) is 6.25. The minimum atomic E-state index is -0.247. The van der Waals surface area contributed by atoms with Gasteiger partial charge in [-0.2, -0.15) is 0 Å². The van der Waals surface area contributed by atoms with Crippen molar-refractivity contribution < 1.29 is 5.21 Å². The molecule has 4 nitrogen and oxygen atoms in total. The van der Waals surface area contributed by atoms with Crippen LogP contribution in [0.15, 0.2) is 27.8 Å². The number of nitrogens with one attached hydrogen (secondary N) is 1. The van der Waals surface area contributed by atoms with E-state index in [0.717, 1.165) is 36.0 Å². The Bertz CT molecular complexity index is 472. The van der Waals surface area contributed by atoms with Crippen molar-refractivity contribution in [2.75, 3.05) is 11.9 Å². The van der Waals surface area contributed by atoms with Crippen molar-refractivity contribution in [2.24, 2.45) is 16.3 Å². The van der Waals surface area contributed by atoms with Crippen LogP contribution in [0.5, 0.6) is 0 Å². The van der Waals surface area contributed by atoms with E-state index >= 15 is 0 Å². The summed E-state index contributed by atoms with van der Waals surface area (Å²) in [4.78, 5) is 0. The number of halogens is 1. The summed E-state index contributed by atoms with van der Waals surface area (Å²) < 4.78 is 1.13. The van der Waals surface area contributed by atoms with E-state index in [1.807, 2.05) is 13.8 Å². The monoisotopic (exact) mass is 341 g/mol. The van der Waals surface area contributed by atoms with Crippen LogP contribution in [0.3, 0.4) is 0 Å². The van der Waals surface area contributed by atoms with Gasteiger partial charge in [-0.05, 0) is 43.5 Å². The van der Waals surface area contributed by atoms with Gasteiger partial charge in [0.25, 0.3) is 0 Å². The lowest BCUT2D eigenvalue weighted by molar-refractivity contribution is 0.304. The maximum Gasteiger partial charge on any atom is 0.144 e. The quantitative estimate of drug-likeness (QED) is 0.230. The Balaban J connectivity index is 2.30. The van der Waals surface area contributed by atoms with Gasteiger partial charge >= 0.3 is 0 Å². The molecule has 1 rings (SSSR count).